The number of esters is 1. The van der Waals surface area contributed by atoms with Gasteiger partial charge in [0.15, 0.2) is 0 Å². The summed E-state index contributed by atoms with van der Waals surface area (Å²) in [6, 6.07) is 4.78. The minimum absolute atomic E-state index is 0.0108. The van der Waals surface area contributed by atoms with Gasteiger partial charge >= 0.3 is 5.97 Å². The largest absolute Gasteiger partial charge is 0.462 e. The van der Waals surface area contributed by atoms with E-state index in [2.05, 4.69) is 147 Å². The van der Waals surface area contributed by atoms with Gasteiger partial charge in [0.05, 0.1) is 5.41 Å². The lowest BCUT2D eigenvalue weighted by molar-refractivity contribution is -0.169. The smallest absolute Gasteiger partial charge is 0.316 e. The number of piperidine rings is 2. The van der Waals surface area contributed by atoms with Crippen molar-refractivity contribution >= 4 is 5.97 Å². The van der Waals surface area contributed by atoms with Gasteiger partial charge in [0, 0.05) is 35.0 Å². The van der Waals surface area contributed by atoms with E-state index in [1.165, 1.54) is 22.3 Å². The lowest BCUT2D eigenvalue weighted by atomic mass is 9.66. The number of rotatable bonds is 8. The van der Waals surface area contributed by atoms with Gasteiger partial charge in [-0.15, -0.1) is 0 Å². The van der Waals surface area contributed by atoms with Crippen molar-refractivity contribution in [1.82, 2.24) is 9.80 Å². The second-order valence-electron chi connectivity index (χ2n) is 20.3. The summed E-state index contributed by atoms with van der Waals surface area (Å²) in [6.07, 6.45) is 5.84. The highest BCUT2D eigenvalue weighted by Crippen LogP contribution is 2.48. The Morgan fingerprint density at radius 2 is 1.17 bits per heavy atom. The Kier molecular flexibility index (Phi) is 10.9. The molecular formula is C43H74N2O2. The molecule has 1 aromatic rings. The molecule has 2 heterocycles. The molecule has 0 N–H and O–H groups in total. The Hall–Kier alpha value is -1.65. The van der Waals surface area contributed by atoms with Gasteiger partial charge in [-0.25, -0.2) is 0 Å². The molecule has 2 aliphatic rings. The third kappa shape index (κ3) is 8.22. The SMILES string of the molecule is C=C(CC1CC(C)(C)N(C)C(C)(C)C1)C(CC)(Cc1cc(C(C)(C)C)c(C)c(C(C)(C)C)c1)C(=O)OC1CC(C)(C)N(C)C(C)(C)C1. The Balaban J connectivity index is 2.14. The molecule has 1 unspecified atom stereocenters. The van der Waals surface area contributed by atoms with E-state index in [0.29, 0.717) is 18.8 Å². The maximum Gasteiger partial charge on any atom is 0.316 e. The van der Waals surface area contributed by atoms with Crippen LogP contribution in [0.2, 0.25) is 0 Å². The van der Waals surface area contributed by atoms with Crippen LogP contribution in [-0.4, -0.2) is 58.1 Å². The maximum absolute atomic E-state index is 15.0. The van der Waals surface area contributed by atoms with Crippen LogP contribution in [0.25, 0.3) is 0 Å². The summed E-state index contributed by atoms with van der Waals surface area (Å²) in [6.45, 7) is 41.7. The lowest BCUT2D eigenvalue weighted by Gasteiger charge is -2.54. The van der Waals surface area contributed by atoms with Crippen LogP contribution in [0.1, 0.15) is 165 Å². The van der Waals surface area contributed by atoms with Crippen LogP contribution >= 0.6 is 0 Å². The monoisotopic (exact) mass is 651 g/mol. The minimum atomic E-state index is -0.797. The molecule has 268 valence electrons. The zero-order valence-corrected chi connectivity index (χ0v) is 34.2. The average Bonchev–Trinajstić information content (AvgIpc) is 2.87. The Bertz CT molecular complexity index is 1190. The zero-order valence-electron chi connectivity index (χ0n) is 34.2. The number of nitrogens with zero attached hydrogens (tertiary/aromatic N) is 2. The summed E-state index contributed by atoms with van der Waals surface area (Å²) >= 11 is 0. The first-order valence-electron chi connectivity index (χ1n) is 18.5. The molecular weight excluding hydrogens is 576 g/mol. The summed E-state index contributed by atoms with van der Waals surface area (Å²) in [5.74, 6) is 0.379. The van der Waals surface area contributed by atoms with E-state index >= 15 is 0 Å². The Morgan fingerprint density at radius 3 is 1.53 bits per heavy atom. The van der Waals surface area contributed by atoms with Crippen LogP contribution in [0.15, 0.2) is 24.3 Å². The quantitative estimate of drug-likeness (QED) is 0.207. The number of hydrogen-bond acceptors (Lipinski definition) is 4. The van der Waals surface area contributed by atoms with Crippen molar-refractivity contribution in [3.8, 4) is 0 Å². The van der Waals surface area contributed by atoms with Gasteiger partial charge in [0.25, 0.3) is 0 Å². The fourth-order valence-corrected chi connectivity index (χ4v) is 9.54. The number of benzene rings is 1. The normalized spacial score (nSPS) is 23.7. The predicted octanol–water partition coefficient (Wildman–Crippen LogP) is 10.6. The summed E-state index contributed by atoms with van der Waals surface area (Å²) in [5, 5.41) is 0. The summed E-state index contributed by atoms with van der Waals surface area (Å²) in [7, 11) is 4.47. The number of carbonyl (C=O) groups is 1. The van der Waals surface area contributed by atoms with Crippen molar-refractivity contribution in [2.24, 2.45) is 11.3 Å². The van der Waals surface area contributed by atoms with Crippen molar-refractivity contribution < 1.29 is 9.53 Å². The van der Waals surface area contributed by atoms with E-state index in [-0.39, 0.29) is 45.1 Å². The number of hydrogen-bond donors (Lipinski definition) is 0. The molecule has 3 rings (SSSR count). The molecule has 4 nitrogen and oxygen atoms in total. The van der Waals surface area contributed by atoms with Crippen molar-refractivity contribution in [3.63, 3.8) is 0 Å². The van der Waals surface area contributed by atoms with Crippen molar-refractivity contribution in [3.05, 3.63) is 46.5 Å². The van der Waals surface area contributed by atoms with Crippen LogP contribution in [0, 0.1) is 18.3 Å². The molecule has 1 aromatic carbocycles. The molecule has 0 radical (unpaired) electrons. The molecule has 0 spiro atoms. The molecule has 0 aromatic heterocycles. The fourth-order valence-electron chi connectivity index (χ4n) is 9.54. The van der Waals surface area contributed by atoms with Crippen molar-refractivity contribution in [1.29, 1.82) is 0 Å². The topological polar surface area (TPSA) is 32.8 Å². The molecule has 2 saturated heterocycles. The Morgan fingerprint density at radius 1 is 0.787 bits per heavy atom. The first-order valence-corrected chi connectivity index (χ1v) is 18.5. The molecule has 1 atom stereocenters. The maximum atomic E-state index is 15.0. The lowest BCUT2D eigenvalue weighted by Crippen LogP contribution is -2.60. The molecule has 2 aliphatic heterocycles. The van der Waals surface area contributed by atoms with E-state index in [4.69, 9.17) is 11.3 Å². The number of likely N-dealkylation sites (tertiary alicyclic amines) is 2. The highest BCUT2D eigenvalue weighted by molar-refractivity contribution is 5.81. The zero-order chi connectivity index (χ0) is 36.3. The van der Waals surface area contributed by atoms with Crippen molar-refractivity contribution in [2.75, 3.05) is 14.1 Å². The second-order valence-corrected chi connectivity index (χ2v) is 20.3. The van der Waals surface area contributed by atoms with Gasteiger partial charge < -0.3 is 4.74 Å². The third-order valence-electron chi connectivity index (χ3n) is 12.7. The van der Waals surface area contributed by atoms with Crippen LogP contribution in [0.3, 0.4) is 0 Å². The molecule has 47 heavy (non-hydrogen) atoms. The summed E-state index contributed by atoms with van der Waals surface area (Å²) in [5.41, 5.74) is 5.56. The second kappa shape index (κ2) is 12.9. The van der Waals surface area contributed by atoms with Crippen LogP contribution in [0.5, 0.6) is 0 Å². The number of carbonyl (C=O) groups excluding carboxylic acids is 1. The van der Waals surface area contributed by atoms with Crippen LogP contribution in [0.4, 0.5) is 0 Å². The summed E-state index contributed by atoms with van der Waals surface area (Å²) < 4.78 is 6.73. The molecule has 0 amide bonds. The van der Waals surface area contributed by atoms with Gasteiger partial charge in [0.2, 0.25) is 0 Å². The molecule has 0 bridgehead atoms. The van der Waals surface area contributed by atoms with E-state index < -0.39 is 5.41 Å². The number of ether oxygens (including phenoxy) is 1. The Labute approximate surface area is 291 Å². The van der Waals surface area contributed by atoms with Crippen LogP contribution < -0.4 is 0 Å². The van der Waals surface area contributed by atoms with E-state index in [1.54, 1.807) is 0 Å². The van der Waals surface area contributed by atoms with Crippen LogP contribution in [-0.2, 0) is 26.8 Å². The van der Waals surface area contributed by atoms with Crippen molar-refractivity contribution in [2.45, 2.75) is 195 Å². The van der Waals surface area contributed by atoms with Gasteiger partial charge in [0.1, 0.15) is 6.10 Å². The molecule has 0 aliphatic carbocycles. The van der Waals surface area contributed by atoms with Gasteiger partial charge in [-0.1, -0.05) is 72.8 Å². The highest BCUT2D eigenvalue weighted by Gasteiger charge is 2.49. The van der Waals surface area contributed by atoms with E-state index in [9.17, 15) is 4.79 Å². The summed E-state index contributed by atoms with van der Waals surface area (Å²) in [4.78, 5) is 20.0. The average molecular weight is 651 g/mol. The van der Waals surface area contributed by atoms with E-state index in [0.717, 1.165) is 37.7 Å². The standard InChI is InChI=1S/C43H74N2O2/c1-20-43(29(2)21-32-24-39(10,11)44(18)40(12,13)25-32,36(46)47-33-27-41(14,15)45(19)42(16,17)28-33)26-31-22-34(37(4,5)6)30(3)35(23-31)38(7,8)9/h22-23,32-33H,2,20-21,24-28H2,1,3-19H3. The predicted molar refractivity (Wildman–Crippen MR) is 202 cm³/mol. The fraction of sp³-hybridized carbons (Fsp3) is 0.791. The molecule has 0 saturated carbocycles. The first-order chi connectivity index (χ1) is 21.0. The van der Waals surface area contributed by atoms with Gasteiger partial charge in [-0.3, -0.25) is 14.6 Å². The molecule has 4 heteroatoms. The molecule has 2 fully saturated rings. The first kappa shape index (κ1) is 39.8. The van der Waals surface area contributed by atoms with E-state index in [1.807, 2.05) is 0 Å². The van der Waals surface area contributed by atoms with Gasteiger partial charge in [-0.05, 0) is 148 Å². The third-order valence-corrected chi connectivity index (χ3v) is 12.7. The minimum Gasteiger partial charge on any atom is -0.462 e. The van der Waals surface area contributed by atoms with Gasteiger partial charge in [-0.2, -0.15) is 0 Å². The highest BCUT2D eigenvalue weighted by atomic mass is 16.5.